The number of amides is 1. The van der Waals surface area contributed by atoms with Gasteiger partial charge in [0.1, 0.15) is 26.1 Å². The minimum atomic E-state index is -4.36. The zero-order valence-electron chi connectivity index (χ0n) is 30.0. The number of hydrogen-bond acceptors (Lipinski definition) is 10. The molecule has 2 aliphatic rings. The first kappa shape index (κ1) is 38.7. The van der Waals surface area contributed by atoms with E-state index >= 15 is 0 Å². The predicted octanol–water partition coefficient (Wildman–Crippen LogP) is 5.78. The molecule has 1 aliphatic carbocycles. The van der Waals surface area contributed by atoms with E-state index < -0.39 is 28.7 Å². The summed E-state index contributed by atoms with van der Waals surface area (Å²) >= 11 is 0. The van der Waals surface area contributed by atoms with E-state index in [-0.39, 0.29) is 65.7 Å². The zero-order chi connectivity index (χ0) is 36.3. The highest BCUT2D eigenvalue weighted by Gasteiger charge is 2.34. The lowest BCUT2D eigenvalue weighted by molar-refractivity contribution is -0.619. The van der Waals surface area contributed by atoms with Gasteiger partial charge in [-0.25, -0.2) is 22.4 Å². The second kappa shape index (κ2) is 16.4. The Morgan fingerprint density at radius 3 is 2.44 bits per heavy atom. The molecule has 4 aromatic rings. The molecule has 0 N–H and O–H groups in total. The average molecular weight is 753 g/mol. The number of anilines is 1. The van der Waals surface area contributed by atoms with Crippen LogP contribution in [0.1, 0.15) is 73.3 Å². The van der Waals surface area contributed by atoms with Crippen LogP contribution in [0.2, 0.25) is 0 Å². The molecule has 1 aliphatic heterocycles. The topological polar surface area (TPSA) is 151 Å². The van der Waals surface area contributed by atoms with Crippen molar-refractivity contribution in [2.45, 2.75) is 83.4 Å². The SMILES string of the molecule is COCN1c2nc(cc(-c3c(C)cccc3C)n2)OC[C@@H](CC(C)C)N(Cc2ncc(OC3CCCC3)c[n+]2[O-])C(=O)c2cccc(c2)S1(=O)=O.Cl. The first-order valence-corrected chi connectivity index (χ1v) is 18.6. The molecule has 4 bridgehead atoms. The van der Waals surface area contributed by atoms with Gasteiger partial charge in [-0.2, -0.15) is 4.98 Å². The van der Waals surface area contributed by atoms with Crippen molar-refractivity contribution < 1.29 is 32.2 Å². The highest BCUT2D eigenvalue weighted by Crippen LogP contribution is 2.32. The highest BCUT2D eigenvalue weighted by atomic mass is 35.5. The van der Waals surface area contributed by atoms with E-state index in [9.17, 15) is 18.4 Å². The van der Waals surface area contributed by atoms with Crippen LogP contribution in [0.25, 0.3) is 11.3 Å². The number of ether oxygens (including phenoxy) is 3. The third-order valence-corrected chi connectivity index (χ3v) is 10.9. The van der Waals surface area contributed by atoms with Crippen LogP contribution in [-0.4, -0.2) is 66.8 Å². The Labute approximate surface area is 311 Å². The van der Waals surface area contributed by atoms with Crippen molar-refractivity contribution in [3.05, 3.63) is 88.6 Å². The van der Waals surface area contributed by atoms with Crippen LogP contribution < -0.4 is 18.5 Å². The van der Waals surface area contributed by atoms with Crippen molar-refractivity contribution in [1.29, 1.82) is 0 Å². The van der Waals surface area contributed by atoms with Gasteiger partial charge >= 0.3 is 5.82 Å². The number of benzene rings is 2. The highest BCUT2D eigenvalue weighted by molar-refractivity contribution is 7.92. The molecule has 1 atom stereocenters. The lowest BCUT2D eigenvalue weighted by Gasteiger charge is -2.32. The first-order valence-electron chi connectivity index (χ1n) is 17.2. The maximum Gasteiger partial charge on any atom is 0.321 e. The van der Waals surface area contributed by atoms with Gasteiger partial charge in [-0.15, -0.1) is 12.4 Å². The summed E-state index contributed by atoms with van der Waals surface area (Å²) in [4.78, 5) is 29.6. The van der Waals surface area contributed by atoms with Gasteiger partial charge in [0.25, 0.3) is 15.9 Å². The predicted molar refractivity (Wildman–Crippen MR) is 197 cm³/mol. The fourth-order valence-corrected chi connectivity index (χ4v) is 8.02. The Kier molecular flexibility index (Phi) is 12.2. The summed E-state index contributed by atoms with van der Waals surface area (Å²) in [6.45, 7) is 7.40. The van der Waals surface area contributed by atoms with Gasteiger partial charge in [0.15, 0.2) is 6.20 Å². The first-order chi connectivity index (χ1) is 24.4. The molecule has 0 radical (unpaired) electrons. The van der Waals surface area contributed by atoms with Crippen LogP contribution in [0.5, 0.6) is 11.6 Å². The number of rotatable bonds is 9. The number of fused-ring (bicyclic) bond motifs is 4. The Balaban J connectivity index is 0.00000523. The van der Waals surface area contributed by atoms with Gasteiger partial charge in [-0.05, 0) is 86.2 Å². The van der Waals surface area contributed by atoms with Gasteiger partial charge in [-0.1, -0.05) is 38.1 Å². The summed E-state index contributed by atoms with van der Waals surface area (Å²) in [6.07, 6.45) is 7.43. The van der Waals surface area contributed by atoms with Crippen LogP contribution in [0.4, 0.5) is 5.95 Å². The molecule has 1 saturated carbocycles. The Morgan fingerprint density at radius 2 is 1.77 bits per heavy atom. The normalized spacial score (nSPS) is 17.5. The van der Waals surface area contributed by atoms with E-state index in [4.69, 9.17) is 19.2 Å². The molecule has 6 rings (SSSR count). The van der Waals surface area contributed by atoms with Gasteiger partial charge < -0.3 is 24.3 Å². The molecule has 15 heteroatoms. The molecule has 2 aromatic heterocycles. The van der Waals surface area contributed by atoms with E-state index in [1.165, 1.54) is 42.6 Å². The van der Waals surface area contributed by atoms with E-state index in [0.29, 0.717) is 22.6 Å². The molecule has 3 heterocycles. The number of sulfonamides is 1. The van der Waals surface area contributed by atoms with Gasteiger partial charge in [0.2, 0.25) is 17.6 Å². The summed E-state index contributed by atoms with van der Waals surface area (Å²) in [6, 6.07) is 12.8. The zero-order valence-corrected chi connectivity index (χ0v) is 31.7. The van der Waals surface area contributed by atoms with E-state index in [0.717, 1.165) is 46.7 Å². The van der Waals surface area contributed by atoms with E-state index in [2.05, 4.69) is 9.97 Å². The Bertz CT molecular complexity index is 1990. The third-order valence-electron chi connectivity index (χ3n) is 9.19. The Hall–Kier alpha value is -4.53. The number of nitrogens with zero attached hydrogens (tertiary/aromatic N) is 6. The maximum absolute atomic E-state index is 14.5. The van der Waals surface area contributed by atoms with Gasteiger partial charge in [0, 0.05) is 24.3 Å². The van der Waals surface area contributed by atoms with Gasteiger partial charge in [-0.3, -0.25) is 4.79 Å². The van der Waals surface area contributed by atoms with Crippen LogP contribution >= 0.6 is 12.4 Å². The molecule has 52 heavy (non-hydrogen) atoms. The minimum absolute atomic E-state index is 0. The lowest BCUT2D eigenvalue weighted by Crippen LogP contribution is -2.47. The monoisotopic (exact) mass is 752 g/mol. The molecule has 2 aromatic carbocycles. The second-order valence-electron chi connectivity index (χ2n) is 13.5. The van der Waals surface area contributed by atoms with Crippen molar-refractivity contribution in [3.63, 3.8) is 0 Å². The standard InChI is InChI=1S/C37H44N6O7S.ClH/c1-24(2)16-28-22-49-34-18-32(35-25(3)10-8-11-26(35)4)39-37(40-34)43(23-48-5)51(46,47)31-15-9-12-27(17-31)36(44)41(28)21-33-38-19-30(20-42(33)45)50-29-13-6-7-14-29;/h8-12,15,17-20,24,28-29H,6-7,13-14,16,21-23H2,1-5H3;1H/t28-;/m1./s1. The van der Waals surface area contributed by atoms with Crippen molar-refractivity contribution in [2.24, 2.45) is 5.92 Å². The molecule has 0 unspecified atom stereocenters. The molecular weight excluding hydrogens is 708 g/mol. The van der Waals surface area contributed by atoms with E-state index in [1.807, 2.05) is 45.9 Å². The smallest absolute Gasteiger partial charge is 0.321 e. The second-order valence-corrected chi connectivity index (χ2v) is 15.4. The summed E-state index contributed by atoms with van der Waals surface area (Å²) < 4.78 is 47.9. The van der Waals surface area contributed by atoms with Crippen molar-refractivity contribution in [3.8, 4) is 22.9 Å². The number of aryl methyl sites for hydroxylation is 2. The maximum atomic E-state index is 14.5. The molecule has 0 spiro atoms. The fraction of sp³-hybridized carbons (Fsp3) is 0.432. The van der Waals surface area contributed by atoms with Crippen molar-refractivity contribution in [1.82, 2.24) is 19.9 Å². The summed E-state index contributed by atoms with van der Waals surface area (Å²) in [5, 5.41) is 13.3. The fourth-order valence-electron chi connectivity index (χ4n) is 6.70. The van der Waals surface area contributed by atoms with Crippen molar-refractivity contribution in [2.75, 3.05) is 24.8 Å². The average Bonchev–Trinajstić information content (AvgIpc) is 3.61. The minimum Gasteiger partial charge on any atom is -0.711 e. The quantitative estimate of drug-likeness (QED) is 0.152. The Morgan fingerprint density at radius 1 is 1.06 bits per heavy atom. The largest absolute Gasteiger partial charge is 0.711 e. The molecule has 13 nitrogen and oxygen atoms in total. The number of aromatic nitrogens is 4. The van der Waals surface area contributed by atoms with Crippen LogP contribution in [0.15, 0.2) is 65.8 Å². The van der Waals surface area contributed by atoms with Crippen LogP contribution in [0.3, 0.4) is 0 Å². The summed E-state index contributed by atoms with van der Waals surface area (Å²) in [5.74, 6) is 0.0620. The summed E-state index contributed by atoms with van der Waals surface area (Å²) in [7, 11) is -2.98. The van der Waals surface area contributed by atoms with Crippen molar-refractivity contribution >= 4 is 34.3 Å². The molecular formula is C37H45ClN6O7S. The molecule has 1 amide bonds. The third kappa shape index (κ3) is 8.40. The number of methoxy groups -OCH3 is 1. The lowest BCUT2D eigenvalue weighted by atomic mass is 10.00. The number of hydrogen-bond donors (Lipinski definition) is 0. The number of halogens is 1. The molecule has 278 valence electrons. The molecule has 0 saturated heterocycles. The molecule has 1 fully saturated rings. The van der Waals surface area contributed by atoms with Crippen LogP contribution in [0, 0.1) is 25.0 Å². The van der Waals surface area contributed by atoms with E-state index in [1.54, 1.807) is 12.1 Å². The number of carbonyl (C=O) groups excluding carboxylic acids is 1. The van der Waals surface area contributed by atoms with Gasteiger partial charge in [0.05, 0.1) is 22.7 Å². The summed E-state index contributed by atoms with van der Waals surface area (Å²) in [5.41, 5.74) is 3.27. The number of carbonyl (C=O) groups is 1. The van der Waals surface area contributed by atoms with Crippen LogP contribution in [-0.2, 0) is 21.3 Å².